The summed E-state index contributed by atoms with van der Waals surface area (Å²) in [6, 6.07) is 7.98. The number of anilines is 1. The maximum absolute atomic E-state index is 5.55. The highest BCUT2D eigenvalue weighted by Gasteiger charge is 1.96. The zero-order chi connectivity index (χ0) is 13.2. The van der Waals surface area contributed by atoms with Crippen LogP contribution in [0.2, 0.25) is 0 Å². The Bertz CT molecular complexity index is 349. The van der Waals surface area contributed by atoms with Crippen LogP contribution < -0.4 is 11.1 Å². The molecule has 0 spiro atoms. The van der Waals surface area contributed by atoms with E-state index < -0.39 is 0 Å². The molecule has 0 fully saturated rings. The van der Waals surface area contributed by atoms with E-state index in [9.17, 15) is 0 Å². The Hall–Kier alpha value is -0.740. The van der Waals surface area contributed by atoms with Crippen molar-refractivity contribution in [1.82, 2.24) is 0 Å². The number of hydrogen-bond donors (Lipinski definition) is 2. The van der Waals surface area contributed by atoms with E-state index in [0.717, 1.165) is 17.8 Å². The van der Waals surface area contributed by atoms with Crippen molar-refractivity contribution in [2.75, 3.05) is 23.9 Å². The molecule has 0 saturated heterocycles. The Morgan fingerprint density at radius 1 is 1.17 bits per heavy atom. The normalized spacial score (nSPS) is 10.3. The number of hydrogen-bond acceptors (Lipinski definition) is 3. The van der Waals surface area contributed by atoms with E-state index in [4.69, 9.17) is 18.0 Å². The molecule has 4 heteroatoms. The summed E-state index contributed by atoms with van der Waals surface area (Å²) in [6.45, 7) is 1.03. The van der Waals surface area contributed by atoms with Crippen LogP contribution in [-0.2, 0) is 0 Å². The van der Waals surface area contributed by atoms with Gasteiger partial charge in [-0.05, 0) is 49.1 Å². The quantitative estimate of drug-likeness (QED) is 0.535. The SMILES string of the molecule is CSCCCCCCNc1ccc(C(N)=S)cc1. The summed E-state index contributed by atoms with van der Waals surface area (Å²) in [6.07, 6.45) is 7.37. The standard InChI is InChI=1S/C14H22N2S2/c1-18-11-5-3-2-4-10-16-13-8-6-12(7-9-13)14(15)17/h6-9,16H,2-5,10-11H2,1H3,(H2,15,17). The molecule has 1 aromatic carbocycles. The molecule has 0 radical (unpaired) electrons. The number of unbranched alkanes of at least 4 members (excludes halogenated alkanes) is 3. The Morgan fingerprint density at radius 3 is 2.44 bits per heavy atom. The maximum Gasteiger partial charge on any atom is 0.103 e. The number of thiocarbonyl (C=S) groups is 1. The van der Waals surface area contributed by atoms with Crippen LogP contribution in [0.5, 0.6) is 0 Å². The molecule has 0 aliphatic rings. The summed E-state index contributed by atoms with van der Waals surface area (Å²) >= 11 is 6.85. The third-order valence-electron chi connectivity index (χ3n) is 2.77. The molecule has 0 unspecified atom stereocenters. The lowest BCUT2D eigenvalue weighted by atomic mass is 10.2. The second-order valence-corrected chi connectivity index (χ2v) is 5.70. The minimum atomic E-state index is 0.454. The van der Waals surface area contributed by atoms with Gasteiger partial charge in [0.05, 0.1) is 0 Å². The van der Waals surface area contributed by atoms with Crippen LogP contribution in [-0.4, -0.2) is 23.5 Å². The largest absolute Gasteiger partial charge is 0.389 e. The summed E-state index contributed by atoms with van der Waals surface area (Å²) in [5, 5.41) is 3.41. The van der Waals surface area contributed by atoms with Gasteiger partial charge in [-0.15, -0.1) is 0 Å². The summed E-state index contributed by atoms with van der Waals surface area (Å²) in [4.78, 5) is 0.454. The van der Waals surface area contributed by atoms with Gasteiger partial charge in [-0.3, -0.25) is 0 Å². The molecule has 0 aliphatic carbocycles. The fourth-order valence-electron chi connectivity index (χ4n) is 1.71. The van der Waals surface area contributed by atoms with Crippen molar-refractivity contribution in [3.8, 4) is 0 Å². The van der Waals surface area contributed by atoms with E-state index in [-0.39, 0.29) is 0 Å². The van der Waals surface area contributed by atoms with Crippen molar-refractivity contribution in [3.63, 3.8) is 0 Å². The van der Waals surface area contributed by atoms with E-state index >= 15 is 0 Å². The molecule has 1 rings (SSSR count). The van der Waals surface area contributed by atoms with Gasteiger partial charge in [-0.25, -0.2) is 0 Å². The van der Waals surface area contributed by atoms with Gasteiger partial charge in [0.25, 0.3) is 0 Å². The molecule has 2 nitrogen and oxygen atoms in total. The first-order valence-corrected chi connectivity index (χ1v) is 8.17. The lowest BCUT2D eigenvalue weighted by Gasteiger charge is -2.07. The maximum atomic E-state index is 5.55. The molecule has 0 saturated carbocycles. The van der Waals surface area contributed by atoms with Gasteiger partial charge in [0.2, 0.25) is 0 Å². The second kappa shape index (κ2) is 9.22. The molecule has 0 aromatic heterocycles. The fourth-order valence-corrected chi connectivity index (χ4v) is 2.34. The molecule has 0 heterocycles. The van der Waals surface area contributed by atoms with Crippen LogP contribution in [0, 0.1) is 0 Å². The minimum Gasteiger partial charge on any atom is -0.389 e. The molecule has 1 aromatic rings. The number of rotatable bonds is 9. The lowest BCUT2D eigenvalue weighted by molar-refractivity contribution is 0.689. The zero-order valence-electron chi connectivity index (χ0n) is 10.9. The average Bonchev–Trinajstić information content (AvgIpc) is 2.38. The highest BCUT2D eigenvalue weighted by Crippen LogP contribution is 2.10. The van der Waals surface area contributed by atoms with Crippen molar-refractivity contribution in [3.05, 3.63) is 29.8 Å². The Morgan fingerprint density at radius 2 is 1.83 bits per heavy atom. The first-order valence-electron chi connectivity index (χ1n) is 6.36. The van der Waals surface area contributed by atoms with Crippen LogP contribution >= 0.6 is 24.0 Å². The van der Waals surface area contributed by atoms with E-state index in [0.29, 0.717) is 4.99 Å². The Labute approximate surface area is 120 Å². The smallest absolute Gasteiger partial charge is 0.103 e. The molecule has 0 atom stereocenters. The monoisotopic (exact) mass is 282 g/mol. The van der Waals surface area contributed by atoms with E-state index in [2.05, 4.69) is 11.6 Å². The van der Waals surface area contributed by atoms with Gasteiger partial charge in [0.15, 0.2) is 0 Å². The Kier molecular flexibility index (Phi) is 7.85. The van der Waals surface area contributed by atoms with Gasteiger partial charge in [0, 0.05) is 17.8 Å². The molecular weight excluding hydrogens is 260 g/mol. The van der Waals surface area contributed by atoms with Crippen LogP contribution in [0.25, 0.3) is 0 Å². The predicted molar refractivity (Wildman–Crippen MR) is 87.7 cm³/mol. The number of nitrogens with two attached hydrogens (primary N) is 1. The number of thioether (sulfide) groups is 1. The fraction of sp³-hybridized carbons (Fsp3) is 0.500. The zero-order valence-corrected chi connectivity index (χ0v) is 12.6. The van der Waals surface area contributed by atoms with E-state index in [1.807, 2.05) is 36.0 Å². The predicted octanol–water partition coefficient (Wildman–Crippen LogP) is 3.66. The molecule has 0 bridgehead atoms. The lowest BCUT2D eigenvalue weighted by Crippen LogP contribution is -2.09. The van der Waals surface area contributed by atoms with Gasteiger partial charge >= 0.3 is 0 Å². The van der Waals surface area contributed by atoms with E-state index in [1.54, 1.807) is 0 Å². The van der Waals surface area contributed by atoms with Crippen molar-refractivity contribution in [1.29, 1.82) is 0 Å². The van der Waals surface area contributed by atoms with Crippen LogP contribution in [0.1, 0.15) is 31.2 Å². The molecule has 18 heavy (non-hydrogen) atoms. The number of benzene rings is 1. The molecule has 0 aliphatic heterocycles. The van der Waals surface area contributed by atoms with Crippen LogP contribution in [0.4, 0.5) is 5.69 Å². The molecule has 100 valence electrons. The van der Waals surface area contributed by atoms with Gasteiger partial charge < -0.3 is 11.1 Å². The summed E-state index contributed by atoms with van der Waals surface area (Å²) in [7, 11) is 0. The summed E-state index contributed by atoms with van der Waals surface area (Å²) < 4.78 is 0. The van der Waals surface area contributed by atoms with Crippen molar-refractivity contribution < 1.29 is 0 Å². The van der Waals surface area contributed by atoms with Gasteiger partial charge in [0.1, 0.15) is 4.99 Å². The van der Waals surface area contributed by atoms with Crippen molar-refractivity contribution in [2.45, 2.75) is 25.7 Å². The third kappa shape index (κ3) is 6.26. The highest BCUT2D eigenvalue weighted by atomic mass is 32.2. The van der Waals surface area contributed by atoms with Gasteiger partial charge in [-0.2, -0.15) is 11.8 Å². The molecule has 0 amide bonds. The Balaban J connectivity index is 2.14. The minimum absolute atomic E-state index is 0.454. The first kappa shape index (κ1) is 15.3. The van der Waals surface area contributed by atoms with E-state index in [1.165, 1.54) is 31.4 Å². The van der Waals surface area contributed by atoms with Gasteiger partial charge in [-0.1, -0.05) is 25.1 Å². The van der Waals surface area contributed by atoms with Crippen LogP contribution in [0.15, 0.2) is 24.3 Å². The van der Waals surface area contributed by atoms with Crippen molar-refractivity contribution in [2.24, 2.45) is 5.73 Å². The average molecular weight is 282 g/mol. The number of nitrogens with one attached hydrogen (secondary N) is 1. The van der Waals surface area contributed by atoms with Crippen LogP contribution in [0.3, 0.4) is 0 Å². The molecular formula is C14H22N2S2. The second-order valence-electron chi connectivity index (χ2n) is 4.28. The highest BCUT2D eigenvalue weighted by molar-refractivity contribution is 7.98. The van der Waals surface area contributed by atoms with Crippen molar-refractivity contribution >= 4 is 34.7 Å². The molecule has 3 N–H and O–H groups in total. The summed E-state index contributed by atoms with van der Waals surface area (Å²) in [5.41, 5.74) is 7.61. The third-order valence-corrected chi connectivity index (χ3v) is 3.71. The topological polar surface area (TPSA) is 38.0 Å². The first-order chi connectivity index (χ1) is 8.74. The summed E-state index contributed by atoms with van der Waals surface area (Å²) in [5.74, 6) is 1.29.